The van der Waals surface area contributed by atoms with Gasteiger partial charge in [0.2, 0.25) is 0 Å². The number of hydrogen-bond donors (Lipinski definition) is 2. The Morgan fingerprint density at radius 3 is 2.64 bits per heavy atom. The van der Waals surface area contributed by atoms with Crippen molar-refractivity contribution in [3.63, 3.8) is 0 Å². The van der Waals surface area contributed by atoms with Gasteiger partial charge in [0.25, 0.3) is 5.91 Å². The van der Waals surface area contributed by atoms with Gasteiger partial charge in [0.15, 0.2) is 0 Å². The summed E-state index contributed by atoms with van der Waals surface area (Å²) in [7, 11) is 0. The van der Waals surface area contributed by atoms with Crippen LogP contribution in [0.5, 0.6) is 0 Å². The van der Waals surface area contributed by atoms with Crippen LogP contribution in [0.15, 0.2) is 66.9 Å². The molecular formula is C21H21N3O. The summed E-state index contributed by atoms with van der Waals surface area (Å²) >= 11 is 0. The smallest absolute Gasteiger partial charge is 0.272 e. The van der Waals surface area contributed by atoms with Gasteiger partial charge in [-0.15, -0.1) is 0 Å². The molecule has 1 aliphatic rings. The van der Waals surface area contributed by atoms with Crippen molar-refractivity contribution < 1.29 is 4.79 Å². The molecule has 0 aliphatic carbocycles. The molecule has 0 fully saturated rings. The van der Waals surface area contributed by atoms with Crippen molar-refractivity contribution in [3.8, 4) is 0 Å². The van der Waals surface area contributed by atoms with Gasteiger partial charge < -0.3 is 10.3 Å². The molecule has 4 rings (SSSR count). The second-order valence-electron chi connectivity index (χ2n) is 6.47. The molecule has 2 aromatic carbocycles. The fourth-order valence-corrected chi connectivity index (χ4v) is 3.30. The van der Waals surface area contributed by atoms with Crippen LogP contribution in [0.1, 0.15) is 27.2 Å². The topological polar surface area (TPSA) is 48.1 Å². The van der Waals surface area contributed by atoms with E-state index in [1.54, 1.807) is 12.3 Å². The van der Waals surface area contributed by atoms with E-state index in [2.05, 4.69) is 57.7 Å². The molecule has 25 heavy (non-hydrogen) atoms. The lowest BCUT2D eigenvalue weighted by Crippen LogP contribution is -2.19. The number of hydrogen-bond acceptors (Lipinski definition) is 2. The molecule has 0 unspecified atom stereocenters. The predicted octanol–water partition coefficient (Wildman–Crippen LogP) is 3.83. The summed E-state index contributed by atoms with van der Waals surface area (Å²) < 4.78 is 0. The van der Waals surface area contributed by atoms with Gasteiger partial charge in [0.1, 0.15) is 5.69 Å². The lowest BCUT2D eigenvalue weighted by atomic mass is 10.1. The Morgan fingerprint density at radius 1 is 1.00 bits per heavy atom. The second kappa shape index (κ2) is 6.95. The van der Waals surface area contributed by atoms with E-state index in [0.29, 0.717) is 5.69 Å². The van der Waals surface area contributed by atoms with Gasteiger partial charge in [-0.1, -0.05) is 36.4 Å². The number of aromatic amines is 1. The normalized spacial score (nSPS) is 13.6. The Bertz CT molecular complexity index is 856. The van der Waals surface area contributed by atoms with Crippen LogP contribution in [0.2, 0.25) is 0 Å². The molecule has 2 heterocycles. The van der Waals surface area contributed by atoms with Gasteiger partial charge >= 0.3 is 0 Å². The molecule has 0 radical (unpaired) electrons. The highest BCUT2D eigenvalue weighted by Crippen LogP contribution is 2.26. The average Bonchev–Trinajstić information content (AvgIpc) is 3.30. The fourth-order valence-electron chi connectivity index (χ4n) is 3.30. The predicted molar refractivity (Wildman–Crippen MR) is 99.4 cm³/mol. The third-order valence-corrected chi connectivity index (χ3v) is 4.65. The SMILES string of the molecule is O=C(Nc1ccc2c(c1)CN(CCc1ccccc1)C2)c1ccc[nH]1. The number of carbonyl (C=O) groups excluding carboxylic acids is 1. The van der Waals surface area contributed by atoms with Gasteiger partial charge in [-0.3, -0.25) is 9.69 Å². The maximum absolute atomic E-state index is 12.1. The van der Waals surface area contributed by atoms with Gasteiger partial charge in [0, 0.05) is 31.5 Å². The Morgan fingerprint density at radius 2 is 1.84 bits per heavy atom. The van der Waals surface area contributed by atoms with Crippen molar-refractivity contribution >= 4 is 11.6 Å². The van der Waals surface area contributed by atoms with E-state index in [9.17, 15) is 4.79 Å². The summed E-state index contributed by atoms with van der Waals surface area (Å²) in [6.07, 6.45) is 2.81. The van der Waals surface area contributed by atoms with Crippen LogP contribution in [0, 0.1) is 0 Å². The molecule has 4 heteroatoms. The molecule has 0 saturated carbocycles. The van der Waals surface area contributed by atoms with E-state index < -0.39 is 0 Å². The highest BCUT2D eigenvalue weighted by atomic mass is 16.1. The molecule has 1 aliphatic heterocycles. The summed E-state index contributed by atoms with van der Waals surface area (Å²) in [6, 6.07) is 20.4. The molecule has 0 bridgehead atoms. The zero-order valence-corrected chi connectivity index (χ0v) is 14.0. The highest BCUT2D eigenvalue weighted by Gasteiger charge is 2.19. The van der Waals surface area contributed by atoms with Crippen molar-refractivity contribution in [2.45, 2.75) is 19.5 Å². The highest BCUT2D eigenvalue weighted by molar-refractivity contribution is 6.02. The third-order valence-electron chi connectivity index (χ3n) is 4.65. The average molecular weight is 331 g/mol. The van der Waals surface area contributed by atoms with Crippen molar-refractivity contribution in [2.75, 3.05) is 11.9 Å². The van der Waals surface area contributed by atoms with Crippen molar-refractivity contribution in [3.05, 3.63) is 89.2 Å². The molecule has 1 aromatic heterocycles. The number of fused-ring (bicyclic) bond motifs is 1. The Kier molecular flexibility index (Phi) is 4.36. The summed E-state index contributed by atoms with van der Waals surface area (Å²) in [4.78, 5) is 17.5. The quantitative estimate of drug-likeness (QED) is 0.746. The minimum atomic E-state index is -0.108. The van der Waals surface area contributed by atoms with Crippen LogP contribution < -0.4 is 5.32 Å². The van der Waals surface area contributed by atoms with Crippen LogP contribution in [0.4, 0.5) is 5.69 Å². The van der Waals surface area contributed by atoms with Crippen LogP contribution in [-0.4, -0.2) is 22.3 Å². The number of anilines is 1. The summed E-state index contributed by atoms with van der Waals surface area (Å²) in [5.41, 5.74) is 5.45. The van der Waals surface area contributed by atoms with Gasteiger partial charge in [-0.05, 0) is 47.4 Å². The lowest BCUT2D eigenvalue weighted by Gasteiger charge is -2.14. The minimum Gasteiger partial charge on any atom is -0.357 e. The molecular weight excluding hydrogens is 310 g/mol. The molecule has 126 valence electrons. The first-order valence-corrected chi connectivity index (χ1v) is 8.61. The van der Waals surface area contributed by atoms with Crippen LogP contribution in [0.25, 0.3) is 0 Å². The number of nitrogens with one attached hydrogen (secondary N) is 2. The largest absolute Gasteiger partial charge is 0.357 e. The Balaban J connectivity index is 1.38. The molecule has 1 amide bonds. The van der Waals surface area contributed by atoms with Crippen molar-refractivity contribution in [2.24, 2.45) is 0 Å². The minimum absolute atomic E-state index is 0.108. The molecule has 4 nitrogen and oxygen atoms in total. The maximum Gasteiger partial charge on any atom is 0.272 e. The summed E-state index contributed by atoms with van der Waals surface area (Å²) in [6.45, 7) is 2.96. The summed E-state index contributed by atoms with van der Waals surface area (Å²) in [5.74, 6) is -0.108. The first-order chi connectivity index (χ1) is 12.3. The molecule has 2 N–H and O–H groups in total. The number of aromatic nitrogens is 1. The van der Waals surface area contributed by atoms with Crippen LogP contribution in [-0.2, 0) is 19.5 Å². The zero-order chi connectivity index (χ0) is 17.1. The van der Waals surface area contributed by atoms with E-state index in [1.165, 1.54) is 16.7 Å². The first kappa shape index (κ1) is 15.7. The Labute approximate surface area is 147 Å². The number of amides is 1. The van der Waals surface area contributed by atoms with Crippen molar-refractivity contribution in [1.82, 2.24) is 9.88 Å². The zero-order valence-electron chi connectivity index (χ0n) is 14.0. The molecule has 0 atom stereocenters. The van der Waals surface area contributed by atoms with E-state index in [1.807, 2.05) is 12.1 Å². The monoisotopic (exact) mass is 331 g/mol. The second-order valence-corrected chi connectivity index (χ2v) is 6.47. The van der Waals surface area contributed by atoms with Gasteiger partial charge in [0.05, 0.1) is 0 Å². The molecule has 3 aromatic rings. The van der Waals surface area contributed by atoms with Crippen LogP contribution >= 0.6 is 0 Å². The van der Waals surface area contributed by atoms with Crippen LogP contribution in [0.3, 0.4) is 0 Å². The van der Waals surface area contributed by atoms with E-state index in [4.69, 9.17) is 0 Å². The van der Waals surface area contributed by atoms with Crippen molar-refractivity contribution in [1.29, 1.82) is 0 Å². The van der Waals surface area contributed by atoms with E-state index in [-0.39, 0.29) is 5.91 Å². The summed E-state index contributed by atoms with van der Waals surface area (Å²) in [5, 5.41) is 2.96. The molecule has 0 spiro atoms. The van der Waals surface area contributed by atoms with E-state index >= 15 is 0 Å². The standard InChI is InChI=1S/C21H21N3O/c25-21(20-7-4-11-22-20)23-19-9-8-17-14-24(15-18(17)13-19)12-10-16-5-2-1-3-6-16/h1-9,11,13,22H,10,12,14-15H2,(H,23,25). The first-order valence-electron chi connectivity index (χ1n) is 8.61. The molecule has 0 saturated heterocycles. The maximum atomic E-state index is 12.1. The fraction of sp³-hybridized carbons (Fsp3) is 0.190. The third kappa shape index (κ3) is 3.64. The van der Waals surface area contributed by atoms with E-state index in [0.717, 1.165) is 31.7 Å². The van der Waals surface area contributed by atoms with Gasteiger partial charge in [-0.2, -0.15) is 0 Å². The number of rotatable bonds is 5. The van der Waals surface area contributed by atoms with Gasteiger partial charge in [-0.25, -0.2) is 0 Å². The number of H-pyrrole nitrogens is 1. The number of benzene rings is 2. The number of carbonyl (C=O) groups is 1. The lowest BCUT2D eigenvalue weighted by molar-refractivity contribution is 0.102. The number of nitrogens with zero attached hydrogens (tertiary/aromatic N) is 1. The Hall–Kier alpha value is -2.85.